The van der Waals surface area contributed by atoms with Gasteiger partial charge >= 0.3 is 0 Å². The van der Waals surface area contributed by atoms with E-state index in [1.165, 1.54) is 6.42 Å². The molecule has 1 aliphatic carbocycles. The largest absolute Gasteiger partial charge is 0.309 e. The van der Waals surface area contributed by atoms with Gasteiger partial charge in [0.1, 0.15) is 5.16 Å². The SMILES string of the molecule is CC[C@](C)(C(=O)C1CCCCC1)[P@@]1(=O)OC(C)(C)CN1C(C)(C)C. The van der Waals surface area contributed by atoms with Crippen molar-refractivity contribution in [3.8, 4) is 0 Å². The molecule has 0 bridgehead atoms. The molecule has 0 amide bonds. The number of rotatable bonds is 4. The number of nitrogens with zero attached hydrogens (tertiary/aromatic N) is 1. The van der Waals surface area contributed by atoms with Gasteiger partial charge in [0.25, 0.3) is 7.52 Å². The highest BCUT2D eigenvalue weighted by Gasteiger charge is 2.63. The Morgan fingerprint density at radius 2 is 1.71 bits per heavy atom. The molecule has 0 radical (unpaired) electrons. The van der Waals surface area contributed by atoms with Crippen LogP contribution in [0.25, 0.3) is 0 Å². The first-order valence-electron chi connectivity index (χ1n) is 9.51. The fourth-order valence-corrected chi connectivity index (χ4v) is 7.92. The first kappa shape index (κ1) is 20.1. The predicted molar refractivity (Wildman–Crippen MR) is 99.5 cm³/mol. The maximum Gasteiger partial charge on any atom is 0.286 e. The fourth-order valence-electron chi connectivity index (χ4n) is 4.18. The molecule has 2 atom stereocenters. The second kappa shape index (κ2) is 6.52. The number of ketones is 1. The Morgan fingerprint density at radius 3 is 2.17 bits per heavy atom. The monoisotopic (exact) mass is 357 g/mol. The molecule has 0 aromatic rings. The van der Waals surface area contributed by atoms with E-state index in [-0.39, 0.29) is 17.2 Å². The van der Waals surface area contributed by atoms with Crippen molar-refractivity contribution in [2.24, 2.45) is 5.92 Å². The van der Waals surface area contributed by atoms with E-state index in [9.17, 15) is 9.36 Å². The van der Waals surface area contributed by atoms with Gasteiger partial charge in [-0.2, -0.15) is 0 Å². The minimum Gasteiger partial charge on any atom is -0.309 e. The van der Waals surface area contributed by atoms with Crippen LogP contribution in [-0.2, 0) is 13.9 Å². The van der Waals surface area contributed by atoms with Crippen molar-refractivity contribution in [1.29, 1.82) is 0 Å². The van der Waals surface area contributed by atoms with Crippen LogP contribution >= 0.6 is 7.52 Å². The summed E-state index contributed by atoms with van der Waals surface area (Å²) in [5.41, 5.74) is -0.793. The van der Waals surface area contributed by atoms with Gasteiger partial charge in [0, 0.05) is 18.0 Å². The Balaban J connectivity index is 2.45. The number of hydrogen-bond donors (Lipinski definition) is 0. The summed E-state index contributed by atoms with van der Waals surface area (Å²) in [6.07, 6.45) is 5.86. The smallest absolute Gasteiger partial charge is 0.286 e. The maximum absolute atomic E-state index is 14.2. The highest BCUT2D eigenvalue weighted by Crippen LogP contribution is 2.71. The zero-order valence-corrected chi connectivity index (χ0v) is 17.5. The van der Waals surface area contributed by atoms with E-state index >= 15 is 0 Å². The molecule has 24 heavy (non-hydrogen) atoms. The average Bonchev–Trinajstić information content (AvgIpc) is 2.77. The van der Waals surface area contributed by atoms with E-state index in [1.807, 2.05) is 32.4 Å². The van der Waals surface area contributed by atoms with Gasteiger partial charge in [-0.05, 0) is 60.8 Å². The molecule has 5 heteroatoms. The zero-order chi connectivity index (χ0) is 18.4. The second-order valence-corrected chi connectivity index (χ2v) is 12.1. The predicted octanol–water partition coefficient (Wildman–Crippen LogP) is 5.41. The van der Waals surface area contributed by atoms with Crippen LogP contribution < -0.4 is 0 Å². The summed E-state index contributed by atoms with van der Waals surface area (Å²) in [5, 5.41) is -0.921. The van der Waals surface area contributed by atoms with Crippen molar-refractivity contribution in [3.05, 3.63) is 0 Å². The molecule has 2 fully saturated rings. The molecule has 1 saturated heterocycles. The van der Waals surface area contributed by atoms with Crippen LogP contribution in [0.5, 0.6) is 0 Å². The third-order valence-electron chi connectivity index (χ3n) is 5.81. The molecule has 0 aromatic carbocycles. The van der Waals surface area contributed by atoms with E-state index in [0.29, 0.717) is 13.0 Å². The molecule has 0 unspecified atom stereocenters. The maximum atomic E-state index is 14.2. The molecule has 1 heterocycles. The Hall–Kier alpha value is -0.180. The quantitative estimate of drug-likeness (QED) is 0.631. The third-order valence-corrected chi connectivity index (χ3v) is 9.72. The van der Waals surface area contributed by atoms with E-state index < -0.39 is 18.3 Å². The lowest BCUT2D eigenvalue weighted by Crippen LogP contribution is -2.47. The van der Waals surface area contributed by atoms with Crippen molar-refractivity contribution in [3.63, 3.8) is 0 Å². The molecule has 4 nitrogen and oxygen atoms in total. The van der Waals surface area contributed by atoms with Crippen LogP contribution in [0.4, 0.5) is 0 Å². The molecule has 0 aromatic heterocycles. The third kappa shape index (κ3) is 3.39. The van der Waals surface area contributed by atoms with Gasteiger partial charge in [0.05, 0.1) is 5.60 Å². The van der Waals surface area contributed by atoms with Gasteiger partial charge in [0.15, 0.2) is 5.78 Å². The van der Waals surface area contributed by atoms with Gasteiger partial charge in [-0.15, -0.1) is 0 Å². The molecule has 2 rings (SSSR count). The summed E-state index contributed by atoms with van der Waals surface area (Å²) < 4.78 is 22.4. The lowest BCUT2D eigenvalue weighted by Gasteiger charge is -2.44. The van der Waals surface area contributed by atoms with Gasteiger partial charge in [-0.1, -0.05) is 26.2 Å². The van der Waals surface area contributed by atoms with Crippen LogP contribution in [0.2, 0.25) is 0 Å². The Morgan fingerprint density at radius 1 is 1.17 bits per heavy atom. The van der Waals surface area contributed by atoms with E-state index in [0.717, 1.165) is 25.7 Å². The van der Waals surface area contributed by atoms with E-state index in [4.69, 9.17) is 4.52 Å². The highest BCUT2D eigenvalue weighted by molar-refractivity contribution is 7.59. The molecule has 0 spiro atoms. The molecule has 140 valence electrons. The summed E-state index contributed by atoms with van der Waals surface area (Å²) in [4.78, 5) is 13.4. The first-order chi connectivity index (χ1) is 10.9. The minimum absolute atomic E-state index is 0.0451. The second-order valence-electron chi connectivity index (χ2n) is 9.43. The van der Waals surface area contributed by atoms with Crippen molar-refractivity contribution in [2.45, 2.75) is 103 Å². The molecular formula is C19H36NO3P. The average molecular weight is 357 g/mol. The molecule has 1 saturated carbocycles. The van der Waals surface area contributed by atoms with Crippen molar-refractivity contribution < 1.29 is 13.9 Å². The number of Topliss-reactive ketones (excluding diaryl/α,β-unsaturated/α-hetero) is 1. The first-order valence-corrected chi connectivity index (χ1v) is 11.1. The van der Waals surface area contributed by atoms with Crippen LogP contribution in [0.3, 0.4) is 0 Å². The summed E-state index contributed by atoms with van der Waals surface area (Å²) >= 11 is 0. The van der Waals surface area contributed by atoms with Crippen molar-refractivity contribution >= 4 is 13.3 Å². The molecule has 0 N–H and O–H groups in total. The Labute approximate surface area is 148 Å². The van der Waals surface area contributed by atoms with Crippen LogP contribution in [0.1, 0.15) is 87.0 Å². The molecule has 2 aliphatic rings. The summed E-state index contributed by atoms with van der Waals surface area (Å²) in [7, 11) is -3.28. The number of carbonyl (C=O) groups excluding carboxylic acids is 1. The van der Waals surface area contributed by atoms with Crippen LogP contribution in [0, 0.1) is 5.92 Å². The summed E-state index contributed by atoms with van der Waals surface area (Å²) in [6, 6.07) is 0. The Bertz CT molecular complexity index is 531. The van der Waals surface area contributed by atoms with Crippen molar-refractivity contribution in [1.82, 2.24) is 4.67 Å². The summed E-state index contributed by atoms with van der Waals surface area (Å²) in [5.74, 6) is 0.212. The molecular weight excluding hydrogens is 321 g/mol. The van der Waals surface area contributed by atoms with Gasteiger partial charge in [-0.3, -0.25) is 9.36 Å². The van der Waals surface area contributed by atoms with Crippen LogP contribution in [0.15, 0.2) is 0 Å². The van der Waals surface area contributed by atoms with Gasteiger partial charge < -0.3 is 4.52 Å². The summed E-state index contributed by atoms with van der Waals surface area (Å²) in [6.45, 7) is 14.6. The van der Waals surface area contributed by atoms with E-state index in [2.05, 4.69) is 20.8 Å². The topological polar surface area (TPSA) is 46.6 Å². The molecule has 1 aliphatic heterocycles. The number of hydrogen-bond acceptors (Lipinski definition) is 3. The standard InChI is InChI=1S/C19H36NO3P/c1-8-19(7,16(21)15-12-10-9-11-13-15)24(22)20(17(2,3)4)14-18(5,6)23-24/h15H,8-14H2,1-7H3/t19-,24-/m1/s1. The van der Waals surface area contributed by atoms with Gasteiger partial charge in [0.2, 0.25) is 0 Å². The normalized spacial score (nSPS) is 31.8. The lowest BCUT2D eigenvalue weighted by molar-refractivity contribution is -0.126. The highest BCUT2D eigenvalue weighted by atomic mass is 31.2. The lowest BCUT2D eigenvalue weighted by atomic mass is 9.81. The Kier molecular flexibility index (Phi) is 5.47. The minimum atomic E-state index is -3.28. The fraction of sp³-hybridized carbons (Fsp3) is 0.947. The van der Waals surface area contributed by atoms with Gasteiger partial charge in [-0.25, -0.2) is 4.67 Å². The number of carbonyl (C=O) groups is 1. The van der Waals surface area contributed by atoms with Crippen LogP contribution in [-0.4, -0.2) is 33.3 Å². The van der Waals surface area contributed by atoms with E-state index in [1.54, 1.807) is 0 Å². The van der Waals surface area contributed by atoms with Crippen molar-refractivity contribution in [2.75, 3.05) is 6.54 Å². The zero-order valence-electron chi connectivity index (χ0n) is 16.6.